The van der Waals surface area contributed by atoms with Crippen molar-refractivity contribution in [3.05, 3.63) is 11.3 Å². The lowest BCUT2D eigenvalue weighted by Gasteiger charge is -2.03. The lowest BCUT2D eigenvalue weighted by molar-refractivity contribution is 0.0990. The summed E-state index contributed by atoms with van der Waals surface area (Å²) in [6.07, 6.45) is 0. The van der Waals surface area contributed by atoms with Crippen LogP contribution >= 0.6 is 0 Å². The molecule has 6 heteroatoms. The third-order valence-electron chi connectivity index (χ3n) is 1.97. The Hall–Kier alpha value is -2.03. The molecule has 1 aromatic rings. The van der Waals surface area contributed by atoms with Crippen LogP contribution in [0.3, 0.4) is 0 Å². The Labute approximate surface area is 81.1 Å². The highest BCUT2D eigenvalue weighted by atomic mass is 16.1. The minimum absolute atomic E-state index is 0.176. The molecule has 1 amide bonds. The van der Waals surface area contributed by atoms with Gasteiger partial charge in [-0.2, -0.15) is 10.4 Å². The van der Waals surface area contributed by atoms with Crippen molar-refractivity contribution in [1.82, 2.24) is 9.78 Å². The molecule has 74 valence electrons. The van der Waals surface area contributed by atoms with E-state index >= 15 is 0 Å². The van der Waals surface area contributed by atoms with E-state index in [1.807, 2.05) is 6.07 Å². The molecule has 0 radical (unpaired) electrons. The van der Waals surface area contributed by atoms with Crippen molar-refractivity contribution < 1.29 is 4.79 Å². The number of carbonyl (C=O) groups is 1. The van der Waals surface area contributed by atoms with Gasteiger partial charge >= 0.3 is 0 Å². The molecule has 0 saturated carbocycles. The van der Waals surface area contributed by atoms with Gasteiger partial charge in [0.25, 0.3) is 5.91 Å². The first-order chi connectivity index (χ1) is 6.49. The van der Waals surface area contributed by atoms with Gasteiger partial charge in [0.1, 0.15) is 5.69 Å². The van der Waals surface area contributed by atoms with E-state index in [4.69, 9.17) is 16.7 Å². The molecule has 0 aliphatic rings. The van der Waals surface area contributed by atoms with Crippen molar-refractivity contribution in [2.45, 2.75) is 12.8 Å². The lowest BCUT2D eigenvalue weighted by atomic mass is 10.0. The molecule has 0 aliphatic carbocycles. The number of aryl methyl sites for hydroxylation is 1. The molecule has 0 aromatic carbocycles. The molecule has 1 aromatic heterocycles. The number of amides is 1. The molecule has 0 fully saturated rings. The van der Waals surface area contributed by atoms with Crippen molar-refractivity contribution in [1.29, 1.82) is 5.26 Å². The third kappa shape index (κ3) is 1.40. The van der Waals surface area contributed by atoms with E-state index in [0.717, 1.165) is 0 Å². The number of nitriles is 1. The molecule has 6 nitrogen and oxygen atoms in total. The van der Waals surface area contributed by atoms with Crippen LogP contribution in [0.5, 0.6) is 0 Å². The van der Waals surface area contributed by atoms with Gasteiger partial charge in [0.2, 0.25) is 0 Å². The second-order valence-electron chi connectivity index (χ2n) is 2.99. The summed E-state index contributed by atoms with van der Waals surface area (Å²) in [6.45, 7) is 1.64. The fraction of sp³-hybridized carbons (Fsp3) is 0.375. The number of hydrogen-bond acceptors (Lipinski definition) is 4. The van der Waals surface area contributed by atoms with E-state index in [1.165, 1.54) is 4.68 Å². The summed E-state index contributed by atoms with van der Waals surface area (Å²) in [7, 11) is 1.56. The number of hydrogen-bond donors (Lipinski definition) is 2. The Balaban J connectivity index is 3.41. The van der Waals surface area contributed by atoms with E-state index in [2.05, 4.69) is 5.10 Å². The summed E-state index contributed by atoms with van der Waals surface area (Å²) in [6, 6.07) is 1.99. The zero-order chi connectivity index (χ0) is 10.9. The highest BCUT2D eigenvalue weighted by molar-refractivity contribution is 5.94. The average Bonchev–Trinajstić information content (AvgIpc) is 2.39. The zero-order valence-corrected chi connectivity index (χ0v) is 7.98. The number of carbonyl (C=O) groups excluding carboxylic acids is 1. The highest BCUT2D eigenvalue weighted by Crippen LogP contribution is 2.24. The molecule has 1 unspecified atom stereocenters. The molecule has 4 N–H and O–H groups in total. The summed E-state index contributed by atoms with van der Waals surface area (Å²) in [5.41, 5.74) is 11.3. The molecule has 1 rings (SSSR count). The quantitative estimate of drug-likeness (QED) is 0.673. The van der Waals surface area contributed by atoms with Gasteiger partial charge in [-0.1, -0.05) is 0 Å². The first-order valence-electron chi connectivity index (χ1n) is 4.00. The van der Waals surface area contributed by atoms with E-state index < -0.39 is 11.8 Å². The van der Waals surface area contributed by atoms with E-state index in [0.29, 0.717) is 5.56 Å². The number of aromatic nitrogens is 2. The summed E-state index contributed by atoms with van der Waals surface area (Å²) < 4.78 is 1.29. The number of rotatable bonds is 2. The highest BCUT2D eigenvalue weighted by Gasteiger charge is 2.22. The van der Waals surface area contributed by atoms with Crippen molar-refractivity contribution in [2.24, 2.45) is 12.8 Å². The zero-order valence-electron chi connectivity index (χ0n) is 7.98. The summed E-state index contributed by atoms with van der Waals surface area (Å²) in [4.78, 5) is 11.1. The van der Waals surface area contributed by atoms with Gasteiger partial charge in [-0.05, 0) is 6.92 Å². The maximum Gasteiger partial charge on any atom is 0.267 e. The Kier molecular flexibility index (Phi) is 2.42. The summed E-state index contributed by atoms with van der Waals surface area (Å²) in [5, 5.41) is 12.6. The molecule has 14 heavy (non-hydrogen) atoms. The summed E-state index contributed by atoms with van der Waals surface area (Å²) in [5.74, 6) is -0.949. The second-order valence-corrected chi connectivity index (χ2v) is 2.99. The fourth-order valence-corrected chi connectivity index (χ4v) is 1.34. The van der Waals surface area contributed by atoms with Crippen molar-refractivity contribution in [3.63, 3.8) is 0 Å². The average molecular weight is 193 g/mol. The number of nitrogens with zero attached hydrogens (tertiary/aromatic N) is 3. The fourth-order valence-electron chi connectivity index (χ4n) is 1.34. The predicted octanol–water partition coefficient (Wildman–Crippen LogP) is -0.272. The lowest BCUT2D eigenvalue weighted by Crippen LogP contribution is -2.18. The molecule has 0 aliphatic heterocycles. The van der Waals surface area contributed by atoms with Crippen LogP contribution in [0.15, 0.2) is 0 Å². The largest absolute Gasteiger partial charge is 0.382 e. The van der Waals surface area contributed by atoms with Crippen LogP contribution in [0.1, 0.15) is 28.9 Å². The van der Waals surface area contributed by atoms with Crippen LogP contribution in [0.2, 0.25) is 0 Å². The first-order valence-corrected chi connectivity index (χ1v) is 4.00. The van der Waals surface area contributed by atoms with Gasteiger partial charge in [-0.25, -0.2) is 0 Å². The van der Waals surface area contributed by atoms with Crippen LogP contribution in [-0.4, -0.2) is 15.7 Å². The van der Waals surface area contributed by atoms with Gasteiger partial charge in [-0.15, -0.1) is 0 Å². The molecular weight excluding hydrogens is 182 g/mol. The molecule has 0 spiro atoms. The van der Waals surface area contributed by atoms with Gasteiger partial charge < -0.3 is 11.5 Å². The van der Waals surface area contributed by atoms with E-state index in [9.17, 15) is 4.79 Å². The van der Waals surface area contributed by atoms with Crippen LogP contribution in [0.4, 0.5) is 5.82 Å². The normalized spacial score (nSPS) is 12.1. The number of nitrogens with two attached hydrogens (primary N) is 2. The molecular formula is C8H11N5O. The van der Waals surface area contributed by atoms with Crippen LogP contribution < -0.4 is 11.5 Å². The third-order valence-corrected chi connectivity index (χ3v) is 1.97. The number of nitrogen functional groups attached to an aromatic ring is 1. The van der Waals surface area contributed by atoms with Crippen molar-refractivity contribution >= 4 is 11.7 Å². The van der Waals surface area contributed by atoms with Gasteiger partial charge in [0.05, 0.1) is 12.0 Å². The molecule has 0 bridgehead atoms. The van der Waals surface area contributed by atoms with Crippen molar-refractivity contribution in [2.75, 3.05) is 5.73 Å². The minimum atomic E-state index is -0.631. The Morgan fingerprint density at radius 2 is 2.29 bits per heavy atom. The van der Waals surface area contributed by atoms with Gasteiger partial charge in [0, 0.05) is 12.6 Å². The molecule has 1 atom stereocenters. The molecule has 1 heterocycles. The van der Waals surface area contributed by atoms with Crippen LogP contribution in [0, 0.1) is 11.3 Å². The smallest absolute Gasteiger partial charge is 0.267 e. The topological polar surface area (TPSA) is 111 Å². The maximum absolute atomic E-state index is 11.1. The molecule has 0 saturated heterocycles. The standard InChI is InChI=1S/C8H11N5O/c1-4(3-9)5-6(8(11)14)13(2)12-7(5)10/h4H,1-2H3,(H2,10,12)(H2,11,14). The monoisotopic (exact) mass is 193 g/mol. The second kappa shape index (κ2) is 3.38. The Morgan fingerprint density at radius 1 is 1.71 bits per heavy atom. The predicted molar refractivity (Wildman–Crippen MR) is 50.2 cm³/mol. The Morgan fingerprint density at radius 3 is 2.71 bits per heavy atom. The Bertz CT molecular complexity index is 414. The van der Waals surface area contributed by atoms with E-state index in [-0.39, 0.29) is 11.5 Å². The van der Waals surface area contributed by atoms with Gasteiger partial charge in [0.15, 0.2) is 5.82 Å². The maximum atomic E-state index is 11.1. The van der Waals surface area contributed by atoms with Crippen LogP contribution in [-0.2, 0) is 7.05 Å². The summed E-state index contributed by atoms with van der Waals surface area (Å²) >= 11 is 0. The van der Waals surface area contributed by atoms with Gasteiger partial charge in [-0.3, -0.25) is 9.48 Å². The number of anilines is 1. The van der Waals surface area contributed by atoms with Crippen molar-refractivity contribution in [3.8, 4) is 6.07 Å². The number of primary amides is 1. The minimum Gasteiger partial charge on any atom is -0.382 e. The van der Waals surface area contributed by atoms with Crippen LogP contribution in [0.25, 0.3) is 0 Å². The SMILES string of the molecule is CC(C#N)c1c(N)nn(C)c1C(N)=O. The first kappa shape index (κ1) is 10.1. The van der Waals surface area contributed by atoms with E-state index in [1.54, 1.807) is 14.0 Å².